The lowest BCUT2D eigenvalue weighted by Gasteiger charge is -2.19. The molecule has 0 aromatic carbocycles. The van der Waals surface area contributed by atoms with Gasteiger partial charge in [-0.2, -0.15) is 0 Å². The first-order chi connectivity index (χ1) is 4.16. The molecule has 0 spiro atoms. The van der Waals surface area contributed by atoms with Gasteiger partial charge < -0.3 is 11.2 Å². The smallest absolute Gasteiger partial charge is 0.110 e. The van der Waals surface area contributed by atoms with Crippen molar-refractivity contribution in [2.75, 3.05) is 7.05 Å². The number of rotatable bonds is 1. The maximum Gasteiger partial charge on any atom is 0.110 e. The molecule has 0 amide bonds. The second-order valence-electron chi connectivity index (χ2n) is 2.30. The SMILES string of the molecule is CNC1(C)C=C(N)NN1.Cl. The fourth-order valence-corrected chi connectivity index (χ4v) is 0.720. The highest BCUT2D eigenvalue weighted by molar-refractivity contribution is 5.85. The van der Waals surface area contributed by atoms with Crippen LogP contribution in [-0.2, 0) is 0 Å². The number of hydrazine groups is 1. The summed E-state index contributed by atoms with van der Waals surface area (Å²) in [4.78, 5) is 0. The lowest BCUT2D eigenvalue weighted by Crippen LogP contribution is -2.51. The lowest BCUT2D eigenvalue weighted by atomic mass is 10.2. The zero-order valence-electron chi connectivity index (χ0n) is 6.06. The molecule has 1 aliphatic rings. The van der Waals surface area contributed by atoms with Crippen molar-refractivity contribution in [3.63, 3.8) is 0 Å². The van der Waals surface area contributed by atoms with E-state index in [9.17, 15) is 0 Å². The molecule has 1 rings (SSSR count). The molecular weight excluding hydrogens is 152 g/mol. The summed E-state index contributed by atoms with van der Waals surface area (Å²) in [6.45, 7) is 1.99. The zero-order chi connectivity index (χ0) is 6.91. The molecule has 60 valence electrons. The molecule has 1 heterocycles. The normalized spacial score (nSPS) is 30.4. The molecule has 0 radical (unpaired) electrons. The van der Waals surface area contributed by atoms with Crippen molar-refractivity contribution in [3.8, 4) is 0 Å². The van der Waals surface area contributed by atoms with Gasteiger partial charge in [-0.3, -0.25) is 5.32 Å². The van der Waals surface area contributed by atoms with Gasteiger partial charge in [0, 0.05) is 0 Å². The number of likely N-dealkylation sites (N-methyl/N-ethyl adjacent to an activating group) is 1. The summed E-state index contributed by atoms with van der Waals surface area (Å²) in [5.74, 6) is 0.659. The molecule has 0 bridgehead atoms. The first-order valence-corrected chi connectivity index (χ1v) is 2.87. The predicted octanol–water partition coefficient (Wildman–Crippen LogP) is -0.748. The molecule has 4 nitrogen and oxygen atoms in total. The number of hydrogen-bond donors (Lipinski definition) is 4. The molecule has 1 atom stereocenters. The Balaban J connectivity index is 0.000000810. The van der Waals surface area contributed by atoms with Gasteiger partial charge in [-0.05, 0) is 20.0 Å². The Morgan fingerprint density at radius 3 is 2.50 bits per heavy atom. The van der Waals surface area contributed by atoms with Gasteiger partial charge in [-0.25, -0.2) is 5.43 Å². The number of hydrogen-bond acceptors (Lipinski definition) is 4. The molecule has 0 aliphatic carbocycles. The Morgan fingerprint density at radius 2 is 2.30 bits per heavy atom. The van der Waals surface area contributed by atoms with Crippen LogP contribution in [0.4, 0.5) is 0 Å². The monoisotopic (exact) mass is 164 g/mol. The molecule has 5 heteroatoms. The fraction of sp³-hybridized carbons (Fsp3) is 0.600. The second-order valence-corrected chi connectivity index (χ2v) is 2.30. The van der Waals surface area contributed by atoms with E-state index in [0.717, 1.165) is 0 Å². The van der Waals surface area contributed by atoms with Crippen LogP contribution in [0.1, 0.15) is 6.92 Å². The summed E-state index contributed by atoms with van der Waals surface area (Å²) in [5.41, 5.74) is 11.0. The van der Waals surface area contributed by atoms with E-state index in [0.29, 0.717) is 5.82 Å². The van der Waals surface area contributed by atoms with Crippen LogP contribution in [-0.4, -0.2) is 12.7 Å². The summed E-state index contributed by atoms with van der Waals surface area (Å²) >= 11 is 0. The highest BCUT2D eigenvalue weighted by atomic mass is 35.5. The van der Waals surface area contributed by atoms with Crippen molar-refractivity contribution >= 4 is 12.4 Å². The molecule has 0 fully saturated rings. The minimum atomic E-state index is -0.190. The van der Waals surface area contributed by atoms with Crippen molar-refractivity contribution in [2.24, 2.45) is 5.73 Å². The highest BCUT2D eigenvalue weighted by Gasteiger charge is 2.23. The topological polar surface area (TPSA) is 62.1 Å². The summed E-state index contributed by atoms with van der Waals surface area (Å²) in [6.07, 6.45) is 1.88. The number of nitrogens with one attached hydrogen (secondary N) is 3. The van der Waals surface area contributed by atoms with E-state index in [4.69, 9.17) is 5.73 Å². The van der Waals surface area contributed by atoms with Crippen molar-refractivity contribution in [2.45, 2.75) is 12.6 Å². The molecule has 0 saturated heterocycles. The molecule has 1 unspecified atom stereocenters. The van der Waals surface area contributed by atoms with E-state index in [1.54, 1.807) is 0 Å². The Kier molecular flexibility index (Phi) is 2.96. The highest BCUT2D eigenvalue weighted by Crippen LogP contribution is 2.04. The van der Waals surface area contributed by atoms with Gasteiger partial charge in [-0.15, -0.1) is 12.4 Å². The quantitative estimate of drug-likeness (QED) is 0.412. The van der Waals surface area contributed by atoms with Gasteiger partial charge in [0.15, 0.2) is 0 Å². The van der Waals surface area contributed by atoms with Crippen LogP contribution >= 0.6 is 12.4 Å². The Hall–Kier alpha value is -0.450. The third-order valence-corrected chi connectivity index (χ3v) is 1.43. The van der Waals surface area contributed by atoms with E-state index in [2.05, 4.69) is 16.2 Å². The molecule has 1 aliphatic heterocycles. The largest absolute Gasteiger partial charge is 0.385 e. The second kappa shape index (κ2) is 3.09. The van der Waals surface area contributed by atoms with Crippen LogP contribution in [0.25, 0.3) is 0 Å². The van der Waals surface area contributed by atoms with Crippen LogP contribution in [0.5, 0.6) is 0 Å². The number of nitrogens with two attached hydrogens (primary N) is 1. The maximum absolute atomic E-state index is 5.43. The molecule has 0 aromatic heterocycles. The Bertz CT molecular complexity index is 147. The van der Waals surface area contributed by atoms with Crippen LogP contribution in [0.3, 0.4) is 0 Å². The summed E-state index contributed by atoms with van der Waals surface area (Å²) in [6, 6.07) is 0. The van der Waals surface area contributed by atoms with Crippen LogP contribution in [0, 0.1) is 0 Å². The Labute approximate surface area is 66.6 Å². The first-order valence-electron chi connectivity index (χ1n) is 2.87. The average molecular weight is 165 g/mol. The molecule has 0 saturated carbocycles. The van der Waals surface area contributed by atoms with Gasteiger partial charge in [0.2, 0.25) is 0 Å². The third kappa shape index (κ3) is 1.76. The van der Waals surface area contributed by atoms with E-state index in [1.165, 1.54) is 0 Å². The van der Waals surface area contributed by atoms with Crippen LogP contribution < -0.4 is 21.9 Å². The summed E-state index contributed by atoms with van der Waals surface area (Å²) < 4.78 is 0. The predicted molar refractivity (Wildman–Crippen MR) is 43.3 cm³/mol. The van der Waals surface area contributed by atoms with Gasteiger partial charge in [-0.1, -0.05) is 0 Å². The van der Waals surface area contributed by atoms with E-state index >= 15 is 0 Å². The van der Waals surface area contributed by atoms with Gasteiger partial charge >= 0.3 is 0 Å². The minimum Gasteiger partial charge on any atom is -0.385 e. The summed E-state index contributed by atoms with van der Waals surface area (Å²) in [5, 5.41) is 3.04. The molecule has 5 N–H and O–H groups in total. The van der Waals surface area contributed by atoms with Gasteiger partial charge in [0.1, 0.15) is 11.5 Å². The van der Waals surface area contributed by atoms with Crippen molar-refractivity contribution in [1.82, 2.24) is 16.2 Å². The summed E-state index contributed by atoms with van der Waals surface area (Å²) in [7, 11) is 1.86. The maximum atomic E-state index is 5.43. The Morgan fingerprint density at radius 1 is 1.70 bits per heavy atom. The minimum absolute atomic E-state index is 0. The number of halogens is 1. The van der Waals surface area contributed by atoms with E-state index in [1.807, 2.05) is 20.0 Å². The van der Waals surface area contributed by atoms with E-state index < -0.39 is 0 Å². The van der Waals surface area contributed by atoms with E-state index in [-0.39, 0.29) is 18.1 Å². The first kappa shape index (κ1) is 9.55. The average Bonchev–Trinajstić information content (AvgIpc) is 2.13. The third-order valence-electron chi connectivity index (χ3n) is 1.43. The molecular formula is C5H13ClN4. The standard InChI is InChI=1S/C5H12N4.ClH/c1-5(7-2)3-4(6)8-9-5;/h3,7-9H,6H2,1-2H3;1H. The molecule has 0 aromatic rings. The van der Waals surface area contributed by atoms with Gasteiger partial charge in [0.05, 0.1) is 0 Å². The van der Waals surface area contributed by atoms with Crippen LogP contribution in [0.2, 0.25) is 0 Å². The molecule has 10 heavy (non-hydrogen) atoms. The van der Waals surface area contributed by atoms with Crippen molar-refractivity contribution in [3.05, 3.63) is 11.9 Å². The van der Waals surface area contributed by atoms with Crippen molar-refractivity contribution < 1.29 is 0 Å². The van der Waals surface area contributed by atoms with Gasteiger partial charge in [0.25, 0.3) is 0 Å². The van der Waals surface area contributed by atoms with Crippen LogP contribution in [0.15, 0.2) is 11.9 Å². The fourth-order valence-electron chi connectivity index (χ4n) is 0.720. The zero-order valence-corrected chi connectivity index (χ0v) is 6.88. The lowest BCUT2D eigenvalue weighted by molar-refractivity contribution is 0.378. The van der Waals surface area contributed by atoms with Crippen molar-refractivity contribution in [1.29, 1.82) is 0 Å².